The fraction of sp³-hybridized carbons (Fsp3) is 0.412. The summed E-state index contributed by atoms with van der Waals surface area (Å²) in [6, 6.07) is 6.10. The molecule has 2 amide bonds. The van der Waals surface area contributed by atoms with Gasteiger partial charge in [-0.1, -0.05) is 30.3 Å². The van der Waals surface area contributed by atoms with Crippen LogP contribution in [0.15, 0.2) is 30.3 Å². The van der Waals surface area contributed by atoms with Crippen LogP contribution in [-0.4, -0.2) is 61.1 Å². The van der Waals surface area contributed by atoms with Crippen molar-refractivity contribution < 1.29 is 91.4 Å². The van der Waals surface area contributed by atoms with E-state index in [1.807, 2.05) is 0 Å². The van der Waals surface area contributed by atoms with Crippen molar-refractivity contribution >= 4 is 35.5 Å². The summed E-state index contributed by atoms with van der Waals surface area (Å²) in [4.78, 5) is 49.2. The van der Waals surface area contributed by atoms with E-state index in [1.54, 1.807) is 32.0 Å². The molecular weight excluding hydrogens is 406 g/mol. The maximum atomic E-state index is 12.5. The molecule has 0 radical (unpaired) electrons. The van der Waals surface area contributed by atoms with Gasteiger partial charge in [0, 0.05) is 4.75 Å². The minimum Gasteiger partial charge on any atom is -1.00 e. The van der Waals surface area contributed by atoms with Crippen LogP contribution in [0.1, 0.15) is 28.2 Å². The van der Waals surface area contributed by atoms with E-state index in [-0.39, 0.29) is 62.0 Å². The van der Waals surface area contributed by atoms with Gasteiger partial charge in [-0.05, 0) is 19.4 Å². The molecule has 1 aromatic carbocycles. The molecule has 2 aliphatic heterocycles. The number of carbonyl (C=O) groups excluding carboxylic acids is 2. The van der Waals surface area contributed by atoms with Crippen LogP contribution in [0.5, 0.6) is 0 Å². The second-order valence-corrected chi connectivity index (χ2v) is 8.54. The molecule has 3 N–H and O–H groups in total. The summed E-state index contributed by atoms with van der Waals surface area (Å²) in [5.74, 6) is -5.16. The Bertz CT molecular complexity index is 802. The number of thioether (sulfide) groups is 1. The van der Waals surface area contributed by atoms with E-state index in [9.17, 15) is 29.4 Å². The topological polar surface area (TPSA) is 124 Å². The number of hydrogen-bond acceptors (Lipinski definition) is 5. The second kappa shape index (κ2) is 9.51. The molecule has 2 saturated heterocycles. The number of β-lactam (4-membered cyclic amide) rings is 1. The predicted octanol–water partition coefficient (Wildman–Crippen LogP) is -5.28. The first-order valence-electron chi connectivity index (χ1n) is 7.96. The van der Waals surface area contributed by atoms with Crippen LogP contribution < -0.4 is 64.4 Å². The number of aliphatic carboxylic acids is 2. The van der Waals surface area contributed by atoms with Gasteiger partial charge in [-0.15, -0.1) is 11.8 Å². The van der Waals surface area contributed by atoms with E-state index >= 15 is 0 Å². The van der Waals surface area contributed by atoms with Crippen molar-refractivity contribution in [2.45, 2.75) is 42.0 Å². The van der Waals surface area contributed by atoms with Crippen molar-refractivity contribution in [2.24, 2.45) is 0 Å². The van der Waals surface area contributed by atoms with Gasteiger partial charge < -0.3 is 23.3 Å². The molecule has 2 heterocycles. The molecule has 1 unspecified atom stereocenters. The van der Waals surface area contributed by atoms with Crippen LogP contribution in [0.3, 0.4) is 0 Å². The number of benzene rings is 1. The van der Waals surface area contributed by atoms with E-state index in [4.69, 9.17) is 0 Å². The van der Waals surface area contributed by atoms with Gasteiger partial charge in [0.1, 0.15) is 17.5 Å². The molecule has 0 aromatic heterocycles. The fourth-order valence-electron chi connectivity index (χ4n) is 3.43. The average molecular weight is 426 g/mol. The first-order chi connectivity index (χ1) is 12.1. The molecule has 0 aliphatic carbocycles. The third kappa shape index (κ3) is 4.45. The summed E-state index contributed by atoms with van der Waals surface area (Å²) in [6.45, 7) is 3.45. The van der Waals surface area contributed by atoms with Gasteiger partial charge >= 0.3 is 71.1 Å². The minimum atomic E-state index is -1.44. The van der Waals surface area contributed by atoms with Gasteiger partial charge in [-0.25, -0.2) is 4.79 Å². The molecule has 1 aromatic rings. The average Bonchev–Trinajstić information content (AvgIpc) is 2.82. The Morgan fingerprint density at radius 1 is 1.18 bits per heavy atom. The van der Waals surface area contributed by atoms with Gasteiger partial charge in [0.05, 0.1) is 0 Å². The number of hydrogen-bond donors (Lipinski definition) is 3. The van der Waals surface area contributed by atoms with Gasteiger partial charge in [0.2, 0.25) is 11.8 Å². The quantitative estimate of drug-likeness (QED) is 0.244. The Hall–Kier alpha value is -0.550. The van der Waals surface area contributed by atoms with Crippen molar-refractivity contribution in [1.82, 2.24) is 10.2 Å². The molecule has 2 fully saturated rings. The third-order valence-corrected chi connectivity index (χ3v) is 6.19. The maximum Gasteiger partial charge on any atom is 1.00 e. The molecule has 0 bridgehead atoms. The van der Waals surface area contributed by atoms with E-state index in [1.165, 1.54) is 28.8 Å². The zero-order valence-electron chi connectivity index (χ0n) is 18.1. The molecule has 28 heavy (non-hydrogen) atoms. The monoisotopic (exact) mass is 426 g/mol. The maximum absolute atomic E-state index is 12.5. The molecule has 2 aliphatic rings. The molecule has 142 valence electrons. The Labute approximate surface area is 213 Å². The number of fused-ring (bicyclic) bond motifs is 1. The van der Waals surface area contributed by atoms with Gasteiger partial charge in [-0.3, -0.25) is 14.4 Å². The SMILES string of the molecule is CC1(C)S[C@@H]2[C@H](NC(=O)C(C(=O)O)c3ccccc3)C(=O)N2[C@H]1C(=O)O.[H-].[H-].[Na+].[Na+]. The zero-order chi connectivity index (χ0) is 19.2. The summed E-state index contributed by atoms with van der Waals surface area (Å²) < 4.78 is -0.711. The van der Waals surface area contributed by atoms with E-state index < -0.39 is 51.9 Å². The summed E-state index contributed by atoms with van der Waals surface area (Å²) in [5.41, 5.74) is 0.309. The summed E-state index contributed by atoms with van der Waals surface area (Å²) >= 11 is 1.29. The molecule has 11 heteroatoms. The number of carbonyl (C=O) groups is 4. The Morgan fingerprint density at radius 3 is 2.25 bits per heavy atom. The number of rotatable bonds is 5. The van der Waals surface area contributed by atoms with Gasteiger partial charge in [0.25, 0.3) is 0 Å². The molecule has 3 rings (SSSR count). The van der Waals surface area contributed by atoms with E-state index in [0.29, 0.717) is 5.56 Å². The van der Waals surface area contributed by atoms with Crippen LogP contribution in [0, 0.1) is 0 Å². The molecular formula is C17H20N2Na2O6S. The predicted molar refractivity (Wildman–Crippen MR) is 94.7 cm³/mol. The number of amides is 2. The molecule has 8 nitrogen and oxygen atoms in total. The second-order valence-electron chi connectivity index (χ2n) is 6.77. The van der Waals surface area contributed by atoms with Crippen molar-refractivity contribution in [3.8, 4) is 0 Å². The summed E-state index contributed by atoms with van der Waals surface area (Å²) in [7, 11) is 0. The van der Waals surface area contributed by atoms with Crippen molar-refractivity contribution in [2.75, 3.05) is 0 Å². The molecule has 0 saturated carbocycles. The van der Waals surface area contributed by atoms with Crippen molar-refractivity contribution in [1.29, 1.82) is 0 Å². The van der Waals surface area contributed by atoms with Crippen LogP contribution in [-0.2, 0) is 19.2 Å². The standard InChI is InChI=1S/C17H18N2O6S.2Na.2H/c1-17(2)11(16(24)25)19-13(21)10(14(19)26-17)18-12(20)9(15(22)23)8-6-4-3-5-7-8;;;;/h3-7,9-11,14H,1-2H3,(H,18,20)(H,22,23)(H,24,25);;;;/q;2*+1;2*-1/t9?,10-,11+,14-;;;;/m1..../s1. The van der Waals surface area contributed by atoms with Crippen LogP contribution in [0.2, 0.25) is 0 Å². The Balaban J connectivity index is 0. The van der Waals surface area contributed by atoms with Crippen LogP contribution in [0.25, 0.3) is 0 Å². The smallest absolute Gasteiger partial charge is 1.00 e. The molecule has 0 spiro atoms. The Morgan fingerprint density at radius 2 is 1.75 bits per heavy atom. The number of carboxylic acids is 2. The first-order valence-corrected chi connectivity index (χ1v) is 8.84. The fourth-order valence-corrected chi connectivity index (χ4v) is 5.06. The zero-order valence-corrected chi connectivity index (χ0v) is 20.9. The number of carboxylic acid groups (broad SMARTS) is 2. The van der Waals surface area contributed by atoms with Crippen LogP contribution in [0.4, 0.5) is 0 Å². The van der Waals surface area contributed by atoms with Crippen molar-refractivity contribution in [3.63, 3.8) is 0 Å². The number of nitrogens with zero attached hydrogens (tertiary/aromatic N) is 1. The van der Waals surface area contributed by atoms with E-state index in [2.05, 4.69) is 5.32 Å². The third-order valence-electron chi connectivity index (χ3n) is 4.61. The van der Waals surface area contributed by atoms with Crippen molar-refractivity contribution in [3.05, 3.63) is 35.9 Å². The largest absolute Gasteiger partial charge is 1.00 e. The minimum absolute atomic E-state index is 0. The number of nitrogens with one attached hydrogen (secondary N) is 1. The summed E-state index contributed by atoms with van der Waals surface area (Å²) in [5, 5.41) is 20.8. The van der Waals surface area contributed by atoms with Gasteiger partial charge in [-0.2, -0.15) is 0 Å². The normalized spacial score (nSPS) is 25.3. The first kappa shape index (κ1) is 25.5. The summed E-state index contributed by atoms with van der Waals surface area (Å²) in [6.07, 6.45) is 0. The van der Waals surface area contributed by atoms with E-state index in [0.717, 1.165) is 0 Å². The van der Waals surface area contributed by atoms with Crippen LogP contribution >= 0.6 is 11.8 Å². The molecule has 4 atom stereocenters. The van der Waals surface area contributed by atoms with Gasteiger partial charge in [0.15, 0.2) is 5.92 Å². The Kier molecular flexibility index (Phi) is 8.65.